The average molecular weight is 219 g/mol. The molecule has 3 heteroatoms. The molecule has 0 saturated carbocycles. The summed E-state index contributed by atoms with van der Waals surface area (Å²) in [5.41, 5.74) is 1.37. The fraction of sp³-hybridized carbons (Fsp3) is 0.333. The van der Waals surface area contributed by atoms with Crippen LogP contribution in [-0.2, 0) is 6.42 Å². The summed E-state index contributed by atoms with van der Waals surface area (Å²) in [4.78, 5) is 4.43. The van der Waals surface area contributed by atoms with Crippen LogP contribution in [0.1, 0.15) is 5.56 Å². The minimum absolute atomic E-state index is 0.460. The van der Waals surface area contributed by atoms with Gasteiger partial charge in [0.05, 0.1) is 12.6 Å². The predicted octanol–water partition coefficient (Wildman–Crippen LogP) is 2.12. The SMILES string of the molecule is [CH2]CSC1=NCC(Cc2ccccc2)N1. The molecule has 1 radical (unpaired) electrons. The van der Waals surface area contributed by atoms with E-state index < -0.39 is 0 Å². The number of benzene rings is 1. The number of nitrogens with zero attached hydrogens (tertiary/aromatic N) is 1. The molecule has 1 unspecified atom stereocenters. The van der Waals surface area contributed by atoms with Crippen molar-refractivity contribution < 1.29 is 0 Å². The van der Waals surface area contributed by atoms with Gasteiger partial charge in [0, 0.05) is 5.75 Å². The summed E-state index contributed by atoms with van der Waals surface area (Å²) in [5, 5.41) is 4.46. The molecule has 2 rings (SSSR count). The van der Waals surface area contributed by atoms with Crippen LogP contribution in [0, 0.1) is 6.92 Å². The minimum atomic E-state index is 0.460. The zero-order valence-electron chi connectivity index (χ0n) is 8.65. The van der Waals surface area contributed by atoms with Crippen molar-refractivity contribution in [2.75, 3.05) is 12.3 Å². The van der Waals surface area contributed by atoms with Crippen molar-refractivity contribution in [2.24, 2.45) is 4.99 Å². The van der Waals surface area contributed by atoms with Gasteiger partial charge in [0.2, 0.25) is 0 Å². The van der Waals surface area contributed by atoms with Gasteiger partial charge >= 0.3 is 0 Å². The highest BCUT2D eigenvalue weighted by Crippen LogP contribution is 2.11. The highest BCUT2D eigenvalue weighted by molar-refractivity contribution is 8.13. The third-order valence-electron chi connectivity index (χ3n) is 2.35. The van der Waals surface area contributed by atoms with Crippen LogP contribution in [0.25, 0.3) is 0 Å². The van der Waals surface area contributed by atoms with E-state index in [1.165, 1.54) is 5.56 Å². The fourth-order valence-electron chi connectivity index (χ4n) is 1.66. The van der Waals surface area contributed by atoms with Crippen LogP contribution in [0.15, 0.2) is 35.3 Å². The Kier molecular flexibility index (Phi) is 3.67. The van der Waals surface area contributed by atoms with Crippen molar-refractivity contribution in [3.63, 3.8) is 0 Å². The summed E-state index contributed by atoms with van der Waals surface area (Å²) in [7, 11) is 0. The Hall–Kier alpha value is -0.960. The normalized spacial score (nSPS) is 19.8. The van der Waals surface area contributed by atoms with Crippen molar-refractivity contribution in [3.8, 4) is 0 Å². The van der Waals surface area contributed by atoms with Gasteiger partial charge in [0.25, 0.3) is 0 Å². The molecule has 2 nitrogen and oxygen atoms in total. The summed E-state index contributed by atoms with van der Waals surface area (Å²) in [6, 6.07) is 11.0. The number of nitrogens with one attached hydrogen (secondary N) is 1. The molecule has 0 bridgehead atoms. The molecule has 1 aliphatic heterocycles. The number of thioether (sulfide) groups is 1. The molecule has 0 amide bonds. The molecule has 0 fully saturated rings. The molecular formula is C12H15N2S. The van der Waals surface area contributed by atoms with E-state index in [9.17, 15) is 0 Å². The molecule has 1 atom stereocenters. The fourth-order valence-corrected chi connectivity index (χ4v) is 2.27. The number of hydrogen-bond acceptors (Lipinski definition) is 3. The zero-order chi connectivity index (χ0) is 10.5. The van der Waals surface area contributed by atoms with Gasteiger partial charge in [-0.15, -0.1) is 0 Å². The number of hydrogen-bond donors (Lipinski definition) is 1. The minimum Gasteiger partial charge on any atom is -0.360 e. The van der Waals surface area contributed by atoms with Crippen molar-refractivity contribution in [1.82, 2.24) is 5.32 Å². The molecular weight excluding hydrogens is 204 g/mol. The lowest BCUT2D eigenvalue weighted by atomic mass is 10.1. The lowest BCUT2D eigenvalue weighted by molar-refractivity contribution is 0.656. The van der Waals surface area contributed by atoms with Crippen molar-refractivity contribution in [3.05, 3.63) is 42.8 Å². The zero-order valence-corrected chi connectivity index (χ0v) is 9.46. The molecule has 79 valence electrons. The Balaban J connectivity index is 1.84. The Labute approximate surface area is 95.2 Å². The van der Waals surface area contributed by atoms with E-state index in [0.717, 1.165) is 23.9 Å². The molecule has 1 aliphatic rings. The van der Waals surface area contributed by atoms with Gasteiger partial charge < -0.3 is 5.32 Å². The van der Waals surface area contributed by atoms with Gasteiger partial charge in [-0.2, -0.15) is 0 Å². The van der Waals surface area contributed by atoms with Gasteiger partial charge in [-0.05, 0) is 18.9 Å². The molecule has 0 aliphatic carbocycles. The number of amidine groups is 1. The summed E-state index contributed by atoms with van der Waals surface area (Å²) in [6.45, 7) is 4.69. The number of aliphatic imine (C=N–C) groups is 1. The summed E-state index contributed by atoms with van der Waals surface area (Å²) in [5.74, 6) is 0.837. The van der Waals surface area contributed by atoms with E-state index in [0.29, 0.717) is 6.04 Å². The summed E-state index contributed by atoms with van der Waals surface area (Å²) < 4.78 is 0. The molecule has 1 heterocycles. The maximum Gasteiger partial charge on any atom is 0.156 e. The smallest absolute Gasteiger partial charge is 0.156 e. The van der Waals surface area contributed by atoms with E-state index in [2.05, 4.69) is 41.5 Å². The predicted molar refractivity (Wildman–Crippen MR) is 67.2 cm³/mol. The quantitative estimate of drug-likeness (QED) is 0.842. The highest BCUT2D eigenvalue weighted by atomic mass is 32.2. The average Bonchev–Trinajstić information content (AvgIpc) is 2.68. The van der Waals surface area contributed by atoms with Crippen LogP contribution in [-0.4, -0.2) is 23.5 Å². The molecule has 1 aromatic carbocycles. The van der Waals surface area contributed by atoms with Gasteiger partial charge in [-0.25, -0.2) is 0 Å². The maximum atomic E-state index is 4.43. The maximum absolute atomic E-state index is 4.43. The monoisotopic (exact) mass is 219 g/mol. The standard InChI is InChI=1S/C12H15N2S/c1-2-15-12-13-9-11(14-12)8-10-6-4-3-5-7-10/h3-7,11H,1-2,8-9H2,(H,13,14). The largest absolute Gasteiger partial charge is 0.360 e. The lowest BCUT2D eigenvalue weighted by Gasteiger charge is -2.10. The second-order valence-electron chi connectivity index (χ2n) is 3.53. The van der Waals surface area contributed by atoms with E-state index in [1.54, 1.807) is 11.8 Å². The lowest BCUT2D eigenvalue weighted by Crippen LogP contribution is -2.30. The van der Waals surface area contributed by atoms with Crippen LogP contribution >= 0.6 is 11.8 Å². The van der Waals surface area contributed by atoms with Gasteiger partial charge in [0.15, 0.2) is 5.17 Å². The van der Waals surface area contributed by atoms with Crippen LogP contribution in [0.4, 0.5) is 0 Å². The molecule has 1 aromatic rings. The molecule has 0 aromatic heterocycles. The first-order valence-corrected chi connectivity index (χ1v) is 6.14. The summed E-state index contributed by atoms with van der Waals surface area (Å²) >= 11 is 1.68. The Bertz CT molecular complexity index is 335. The van der Waals surface area contributed by atoms with Gasteiger partial charge in [-0.1, -0.05) is 42.1 Å². The molecule has 1 N–H and O–H groups in total. The number of rotatable bonds is 3. The Morgan fingerprint density at radius 1 is 1.40 bits per heavy atom. The van der Waals surface area contributed by atoms with E-state index >= 15 is 0 Å². The molecule has 0 spiro atoms. The van der Waals surface area contributed by atoms with E-state index in [1.807, 2.05) is 6.07 Å². The van der Waals surface area contributed by atoms with Crippen LogP contribution < -0.4 is 5.32 Å². The van der Waals surface area contributed by atoms with E-state index in [4.69, 9.17) is 0 Å². The van der Waals surface area contributed by atoms with Gasteiger partial charge in [0.1, 0.15) is 0 Å². The first-order valence-electron chi connectivity index (χ1n) is 5.15. The Morgan fingerprint density at radius 2 is 2.20 bits per heavy atom. The van der Waals surface area contributed by atoms with Crippen LogP contribution in [0.5, 0.6) is 0 Å². The second-order valence-corrected chi connectivity index (χ2v) is 4.61. The topological polar surface area (TPSA) is 24.4 Å². The first-order chi connectivity index (χ1) is 7.38. The van der Waals surface area contributed by atoms with E-state index in [-0.39, 0.29) is 0 Å². The van der Waals surface area contributed by atoms with Gasteiger partial charge in [-0.3, -0.25) is 4.99 Å². The molecule has 15 heavy (non-hydrogen) atoms. The summed E-state index contributed by atoms with van der Waals surface area (Å²) in [6.07, 6.45) is 1.05. The van der Waals surface area contributed by atoms with Crippen molar-refractivity contribution >= 4 is 16.9 Å². The first kappa shape index (κ1) is 10.6. The third-order valence-corrected chi connectivity index (χ3v) is 3.07. The van der Waals surface area contributed by atoms with Crippen molar-refractivity contribution in [1.29, 1.82) is 0 Å². The molecule has 0 saturated heterocycles. The third kappa shape index (κ3) is 2.99. The highest BCUT2D eigenvalue weighted by Gasteiger charge is 2.16. The van der Waals surface area contributed by atoms with Crippen molar-refractivity contribution in [2.45, 2.75) is 12.5 Å². The Morgan fingerprint density at radius 3 is 2.93 bits per heavy atom. The van der Waals surface area contributed by atoms with Crippen LogP contribution in [0.3, 0.4) is 0 Å². The second kappa shape index (κ2) is 5.21. The van der Waals surface area contributed by atoms with Crippen LogP contribution in [0.2, 0.25) is 0 Å².